The van der Waals surface area contributed by atoms with Crippen LogP contribution in [0.3, 0.4) is 0 Å². The van der Waals surface area contributed by atoms with Crippen molar-refractivity contribution in [2.24, 2.45) is 22.9 Å². The number of allylic oxidation sites excluding steroid dienone is 1. The van der Waals surface area contributed by atoms with E-state index in [0.29, 0.717) is 55.0 Å². The maximum absolute atomic E-state index is 14.9. The third-order valence-electron chi connectivity index (χ3n) is 11.6. The molecule has 2 aliphatic carbocycles. The van der Waals surface area contributed by atoms with E-state index in [1.165, 1.54) is 0 Å². The Labute approximate surface area is 343 Å². The second-order valence-electron chi connectivity index (χ2n) is 15.3. The number of amides is 1. The van der Waals surface area contributed by atoms with Crippen molar-refractivity contribution in [2.45, 2.75) is 82.6 Å². The first-order valence-electron chi connectivity index (χ1n) is 20.7. The summed E-state index contributed by atoms with van der Waals surface area (Å²) in [5.74, 6) is -0.643. The molecule has 3 aliphatic rings. The summed E-state index contributed by atoms with van der Waals surface area (Å²) in [6.07, 6.45) is 11.4. The van der Waals surface area contributed by atoms with E-state index >= 15 is 0 Å². The summed E-state index contributed by atoms with van der Waals surface area (Å²) < 4.78 is 20.5. The SMILES string of the molecule is C=CCOc1ccc2c(c1)[C@H]1[C@H](CCCCO)[C@@H](CCCCO)C=C3C(=NOCc4ccccc4)C[C@H](N(CCC)C(=O)c4ccc(C#N)cc4)[C@@](OCC=C)(O2)[C@H]31. The Morgan fingerprint density at radius 3 is 2.43 bits per heavy atom. The molecule has 0 spiro atoms. The summed E-state index contributed by atoms with van der Waals surface area (Å²) in [4.78, 5) is 22.9. The predicted octanol–water partition coefficient (Wildman–Crippen LogP) is 8.51. The van der Waals surface area contributed by atoms with E-state index < -0.39 is 17.7 Å². The third kappa shape index (κ3) is 9.23. The highest BCUT2D eigenvalue weighted by molar-refractivity contribution is 6.03. The van der Waals surface area contributed by atoms with Gasteiger partial charge in [0.25, 0.3) is 5.91 Å². The van der Waals surface area contributed by atoms with Crippen LogP contribution in [0.4, 0.5) is 0 Å². The minimum Gasteiger partial charge on any atom is -0.490 e. The van der Waals surface area contributed by atoms with E-state index in [9.17, 15) is 20.3 Å². The molecule has 0 bridgehead atoms. The molecular formula is C48H57N3O7. The summed E-state index contributed by atoms with van der Waals surface area (Å²) >= 11 is 0. The molecule has 6 atom stereocenters. The molecule has 3 aromatic carbocycles. The van der Waals surface area contributed by atoms with Crippen molar-refractivity contribution in [3.63, 3.8) is 0 Å². The van der Waals surface area contributed by atoms with Crippen molar-refractivity contribution < 1.29 is 34.1 Å². The van der Waals surface area contributed by atoms with Gasteiger partial charge in [-0.1, -0.05) is 80.1 Å². The molecule has 1 amide bonds. The number of hydrogen-bond acceptors (Lipinski definition) is 9. The van der Waals surface area contributed by atoms with E-state index in [-0.39, 0.29) is 56.5 Å². The normalized spacial score (nSPS) is 23.7. The van der Waals surface area contributed by atoms with Gasteiger partial charge in [0, 0.05) is 43.2 Å². The number of benzene rings is 3. The van der Waals surface area contributed by atoms with Crippen LogP contribution >= 0.6 is 0 Å². The number of nitrogens with zero attached hydrogens (tertiary/aromatic N) is 3. The number of unbranched alkanes of at least 4 members (excludes halogenated alkanes) is 2. The smallest absolute Gasteiger partial charge is 0.254 e. The van der Waals surface area contributed by atoms with Crippen LogP contribution in [-0.4, -0.2) is 71.5 Å². The lowest BCUT2D eigenvalue weighted by atomic mass is 9.55. The Kier molecular flexibility index (Phi) is 15.0. The Morgan fingerprint density at radius 2 is 1.74 bits per heavy atom. The molecule has 1 aliphatic heterocycles. The molecule has 10 nitrogen and oxygen atoms in total. The lowest BCUT2D eigenvalue weighted by Gasteiger charge is -2.60. The predicted molar refractivity (Wildman–Crippen MR) is 224 cm³/mol. The monoisotopic (exact) mass is 787 g/mol. The van der Waals surface area contributed by atoms with Crippen LogP contribution in [0.2, 0.25) is 0 Å². The van der Waals surface area contributed by atoms with Crippen LogP contribution < -0.4 is 9.47 Å². The number of fused-ring (bicyclic) bond motifs is 2. The van der Waals surface area contributed by atoms with Crippen molar-refractivity contribution in [1.82, 2.24) is 4.90 Å². The average molecular weight is 788 g/mol. The molecule has 306 valence electrons. The first-order chi connectivity index (χ1) is 28.4. The highest BCUT2D eigenvalue weighted by Gasteiger charge is 2.65. The fourth-order valence-corrected chi connectivity index (χ4v) is 9.15. The van der Waals surface area contributed by atoms with E-state index in [4.69, 9.17) is 24.2 Å². The molecule has 1 fully saturated rings. The first-order valence-corrected chi connectivity index (χ1v) is 20.7. The average Bonchev–Trinajstić information content (AvgIpc) is 3.25. The molecular weight excluding hydrogens is 731 g/mol. The number of hydrogen-bond donors (Lipinski definition) is 2. The van der Waals surface area contributed by atoms with Gasteiger partial charge in [-0.05, 0) is 97.5 Å². The second-order valence-corrected chi connectivity index (χ2v) is 15.3. The number of ether oxygens (including phenoxy) is 3. The van der Waals surface area contributed by atoms with Crippen molar-refractivity contribution in [3.05, 3.63) is 132 Å². The van der Waals surface area contributed by atoms with Crippen molar-refractivity contribution in [2.75, 3.05) is 33.0 Å². The fourth-order valence-electron chi connectivity index (χ4n) is 9.15. The molecule has 0 unspecified atom stereocenters. The van der Waals surface area contributed by atoms with Crippen LogP contribution in [0.5, 0.6) is 11.5 Å². The van der Waals surface area contributed by atoms with Gasteiger partial charge in [0.15, 0.2) is 0 Å². The topological polar surface area (TPSA) is 134 Å². The van der Waals surface area contributed by atoms with Crippen LogP contribution in [0.1, 0.15) is 91.3 Å². The Balaban J connectivity index is 1.59. The number of aliphatic hydroxyl groups excluding tert-OH is 2. The Hall–Kier alpha value is -5.21. The summed E-state index contributed by atoms with van der Waals surface area (Å²) in [5.41, 5.74) is 4.59. The number of carbonyl (C=O) groups is 1. The molecule has 0 radical (unpaired) electrons. The zero-order chi connectivity index (χ0) is 40.9. The van der Waals surface area contributed by atoms with Gasteiger partial charge < -0.3 is 34.2 Å². The zero-order valence-corrected chi connectivity index (χ0v) is 33.6. The minimum atomic E-state index is -1.37. The van der Waals surface area contributed by atoms with Gasteiger partial charge in [-0.25, -0.2) is 0 Å². The summed E-state index contributed by atoms with van der Waals surface area (Å²) in [6.45, 7) is 11.3. The molecule has 6 rings (SSSR count). The number of oxime groups is 1. The second kappa shape index (κ2) is 20.5. The fraction of sp³-hybridized carbons (Fsp3) is 0.438. The maximum atomic E-state index is 14.9. The van der Waals surface area contributed by atoms with E-state index in [1.54, 1.807) is 36.4 Å². The number of carbonyl (C=O) groups excluding carboxylic acids is 1. The van der Waals surface area contributed by atoms with Crippen LogP contribution in [-0.2, 0) is 16.2 Å². The van der Waals surface area contributed by atoms with E-state index in [1.807, 2.05) is 54.3 Å². The van der Waals surface area contributed by atoms with Crippen molar-refractivity contribution >= 4 is 11.6 Å². The van der Waals surface area contributed by atoms with Gasteiger partial charge in [-0.3, -0.25) is 4.79 Å². The summed E-state index contributed by atoms with van der Waals surface area (Å²) in [7, 11) is 0. The lowest BCUT2D eigenvalue weighted by Crippen LogP contribution is -2.70. The molecule has 1 heterocycles. The van der Waals surface area contributed by atoms with Gasteiger partial charge in [-0.15, -0.1) is 6.58 Å². The molecule has 1 saturated carbocycles. The van der Waals surface area contributed by atoms with Crippen molar-refractivity contribution in [1.29, 1.82) is 5.26 Å². The standard InChI is InChI=1S/C48H57N3O7/c1-4-24-51(47(54)36-20-18-34(32-49)19-21-36)44-31-42(50-57-33-35-14-8-7-9-15-35)40-29-37(16-10-12-25-52)39(17-11-13-26-53)45-41-30-38(55-27-5-2)22-23-43(41)58-48(44,46(40)45)56-28-6-3/h5-9,14-15,18-23,29-30,37,39,44-46,52-53H,2-4,10-13,16-17,24-28,31,33H2,1H3/t37-,39+,44-,45+,46+,48+/m0/s1. The number of nitriles is 1. The highest BCUT2D eigenvalue weighted by atomic mass is 16.7. The van der Waals surface area contributed by atoms with E-state index in [2.05, 4.69) is 31.4 Å². The van der Waals surface area contributed by atoms with Crippen LogP contribution in [0.15, 0.2) is 115 Å². The zero-order valence-electron chi connectivity index (χ0n) is 33.6. The molecule has 3 aromatic rings. The Bertz CT molecular complexity index is 1960. The highest BCUT2D eigenvalue weighted by Crippen LogP contribution is 2.62. The molecule has 0 saturated heterocycles. The molecule has 10 heteroatoms. The Morgan fingerprint density at radius 1 is 1.00 bits per heavy atom. The summed E-state index contributed by atoms with van der Waals surface area (Å²) in [5, 5.41) is 34.2. The van der Waals surface area contributed by atoms with Gasteiger partial charge in [0.1, 0.15) is 30.8 Å². The quantitative estimate of drug-likeness (QED) is 0.0624. The van der Waals surface area contributed by atoms with Gasteiger partial charge in [-0.2, -0.15) is 5.26 Å². The largest absolute Gasteiger partial charge is 0.490 e. The summed E-state index contributed by atoms with van der Waals surface area (Å²) in [6, 6.07) is 24.0. The third-order valence-corrected chi connectivity index (χ3v) is 11.6. The maximum Gasteiger partial charge on any atom is 0.254 e. The van der Waals surface area contributed by atoms with Gasteiger partial charge in [0.2, 0.25) is 5.79 Å². The molecule has 0 aromatic heterocycles. The first kappa shape index (κ1) is 42.4. The molecule has 58 heavy (non-hydrogen) atoms. The van der Waals surface area contributed by atoms with Crippen LogP contribution in [0.25, 0.3) is 0 Å². The van der Waals surface area contributed by atoms with E-state index in [0.717, 1.165) is 48.1 Å². The lowest BCUT2D eigenvalue weighted by molar-refractivity contribution is -0.254. The minimum absolute atomic E-state index is 0.0853. The van der Waals surface area contributed by atoms with Gasteiger partial charge in [0.05, 0.1) is 29.9 Å². The van der Waals surface area contributed by atoms with Crippen LogP contribution in [0, 0.1) is 29.1 Å². The molecule has 2 N–H and O–H groups in total. The van der Waals surface area contributed by atoms with Crippen molar-refractivity contribution in [3.8, 4) is 17.6 Å². The van der Waals surface area contributed by atoms with Gasteiger partial charge >= 0.3 is 0 Å². The number of aliphatic hydroxyl groups is 2. The number of rotatable bonds is 21.